The lowest BCUT2D eigenvalue weighted by Gasteiger charge is -2.19. The van der Waals surface area contributed by atoms with Crippen LogP contribution in [-0.2, 0) is 4.74 Å². The third-order valence-electron chi connectivity index (χ3n) is 3.47. The Morgan fingerprint density at radius 3 is 2.15 bits per heavy atom. The number of halogens is 3. The summed E-state index contributed by atoms with van der Waals surface area (Å²) in [6, 6.07) is 11.6. The fourth-order valence-electron chi connectivity index (χ4n) is 2.31. The zero-order chi connectivity index (χ0) is 20.2. The minimum Gasteiger partial charge on any atom is -0.484 e. The van der Waals surface area contributed by atoms with Gasteiger partial charge in [0.15, 0.2) is 6.61 Å². The minimum absolute atomic E-state index is 0.108. The predicted molar refractivity (Wildman–Crippen MR) is 98.7 cm³/mol. The highest BCUT2D eigenvalue weighted by molar-refractivity contribution is 5.90. The van der Waals surface area contributed by atoms with Gasteiger partial charge in [-0.25, -0.2) is 4.79 Å². The number of benzene rings is 2. The van der Waals surface area contributed by atoms with E-state index in [-0.39, 0.29) is 5.75 Å². The van der Waals surface area contributed by atoms with Crippen molar-refractivity contribution in [1.29, 1.82) is 0 Å². The van der Waals surface area contributed by atoms with Crippen molar-refractivity contribution in [3.63, 3.8) is 0 Å². The molecule has 0 spiro atoms. The van der Waals surface area contributed by atoms with Crippen molar-refractivity contribution < 1.29 is 27.4 Å². The number of carbonyl (C=O) groups excluding carboxylic acids is 1. The van der Waals surface area contributed by atoms with Gasteiger partial charge in [-0.15, -0.1) is 0 Å². The Hall–Kier alpha value is -2.76. The average molecular weight is 378 g/mol. The summed E-state index contributed by atoms with van der Waals surface area (Å²) in [6.07, 6.45) is -2.97. The summed E-state index contributed by atoms with van der Waals surface area (Å²) in [5.74, 6) is -0.312. The summed E-state index contributed by atoms with van der Waals surface area (Å²) in [6.45, 7) is 7.63. The van der Waals surface area contributed by atoms with Crippen LogP contribution in [0.15, 0.2) is 49.0 Å². The van der Waals surface area contributed by atoms with Crippen molar-refractivity contribution in [2.75, 3.05) is 6.61 Å². The lowest BCUT2D eigenvalue weighted by atomic mass is 10.0. The summed E-state index contributed by atoms with van der Waals surface area (Å²) in [5.41, 5.74) is 1.85. The fraction of sp³-hybridized carbons (Fsp3) is 0.286. The highest BCUT2D eigenvalue weighted by Gasteiger charge is 2.28. The molecule has 6 heteroatoms. The second-order valence-electron chi connectivity index (χ2n) is 6.94. The molecule has 0 saturated carbocycles. The number of rotatable bonds is 5. The maximum atomic E-state index is 12.3. The molecule has 2 aromatic rings. The van der Waals surface area contributed by atoms with Crippen LogP contribution in [-0.4, -0.2) is 24.4 Å². The summed E-state index contributed by atoms with van der Waals surface area (Å²) in [4.78, 5) is 12.1. The topological polar surface area (TPSA) is 35.5 Å². The van der Waals surface area contributed by atoms with E-state index in [1.165, 1.54) is 12.1 Å². The Balaban J connectivity index is 2.20. The molecule has 0 amide bonds. The monoisotopic (exact) mass is 378 g/mol. The molecule has 0 N–H and O–H groups in total. The Bertz CT molecular complexity index is 816. The van der Waals surface area contributed by atoms with E-state index in [2.05, 4.69) is 6.58 Å². The SMILES string of the molecule is C=Cc1cc(-c2ccc(C(=O)OC(C)(C)C)cc2)ccc1OCC(F)(F)F. The second kappa shape index (κ2) is 7.86. The molecule has 0 radical (unpaired) electrons. The molecule has 0 unspecified atom stereocenters. The van der Waals surface area contributed by atoms with E-state index < -0.39 is 24.4 Å². The van der Waals surface area contributed by atoms with Crippen molar-refractivity contribution in [3.8, 4) is 16.9 Å². The quantitative estimate of drug-likeness (QED) is 0.608. The highest BCUT2D eigenvalue weighted by Crippen LogP contribution is 2.29. The third kappa shape index (κ3) is 6.16. The number of hydrogen-bond donors (Lipinski definition) is 0. The zero-order valence-electron chi connectivity index (χ0n) is 15.4. The van der Waals surface area contributed by atoms with Gasteiger partial charge >= 0.3 is 12.1 Å². The van der Waals surface area contributed by atoms with Crippen molar-refractivity contribution in [3.05, 3.63) is 60.2 Å². The van der Waals surface area contributed by atoms with E-state index in [0.29, 0.717) is 11.1 Å². The summed E-state index contributed by atoms with van der Waals surface area (Å²) < 4.78 is 47.2. The first-order chi connectivity index (χ1) is 12.5. The first-order valence-electron chi connectivity index (χ1n) is 8.28. The van der Waals surface area contributed by atoms with E-state index in [1.807, 2.05) is 0 Å². The van der Waals surface area contributed by atoms with Crippen LogP contribution in [0.2, 0.25) is 0 Å². The maximum absolute atomic E-state index is 12.3. The van der Waals surface area contributed by atoms with Gasteiger partial charge in [0, 0.05) is 5.56 Å². The molecule has 144 valence electrons. The Morgan fingerprint density at radius 2 is 1.63 bits per heavy atom. The van der Waals surface area contributed by atoms with Gasteiger partial charge in [0.2, 0.25) is 0 Å². The van der Waals surface area contributed by atoms with Crippen LogP contribution in [0, 0.1) is 0 Å². The van der Waals surface area contributed by atoms with Crippen molar-refractivity contribution in [1.82, 2.24) is 0 Å². The Morgan fingerprint density at radius 1 is 1.04 bits per heavy atom. The Labute approximate surface area is 156 Å². The minimum atomic E-state index is -4.41. The number of hydrogen-bond acceptors (Lipinski definition) is 3. The standard InChI is InChI=1S/C21H21F3O3/c1-5-14-12-17(10-11-18(14)26-13-21(22,23)24)15-6-8-16(9-7-15)19(25)27-20(2,3)4/h5-12H,1,13H2,2-4H3. The number of carbonyl (C=O) groups is 1. The van der Waals surface area contributed by atoms with E-state index in [0.717, 1.165) is 11.1 Å². The van der Waals surface area contributed by atoms with Crippen LogP contribution < -0.4 is 4.74 Å². The van der Waals surface area contributed by atoms with Crippen molar-refractivity contribution in [2.45, 2.75) is 32.5 Å². The molecule has 0 atom stereocenters. The molecule has 27 heavy (non-hydrogen) atoms. The molecule has 0 bridgehead atoms. The smallest absolute Gasteiger partial charge is 0.422 e. The van der Waals surface area contributed by atoms with E-state index >= 15 is 0 Å². The van der Waals surface area contributed by atoms with Crippen LogP contribution in [0.1, 0.15) is 36.7 Å². The molecule has 3 nitrogen and oxygen atoms in total. The van der Waals surface area contributed by atoms with Gasteiger partial charge in [-0.05, 0) is 56.2 Å². The molecule has 0 fully saturated rings. The molecular weight excluding hydrogens is 357 g/mol. The van der Waals surface area contributed by atoms with Crippen molar-refractivity contribution in [2.24, 2.45) is 0 Å². The molecule has 2 rings (SSSR count). The van der Waals surface area contributed by atoms with Gasteiger partial charge in [-0.2, -0.15) is 13.2 Å². The zero-order valence-corrected chi connectivity index (χ0v) is 15.4. The fourth-order valence-corrected chi connectivity index (χ4v) is 2.31. The normalized spacial score (nSPS) is 11.8. The van der Waals surface area contributed by atoms with Crippen LogP contribution >= 0.6 is 0 Å². The molecule has 0 aromatic heterocycles. The van der Waals surface area contributed by atoms with Gasteiger partial charge in [-0.1, -0.05) is 30.9 Å². The van der Waals surface area contributed by atoms with Crippen molar-refractivity contribution >= 4 is 12.0 Å². The number of alkyl halides is 3. The number of esters is 1. The lowest BCUT2D eigenvalue weighted by molar-refractivity contribution is -0.153. The summed E-state index contributed by atoms with van der Waals surface area (Å²) in [7, 11) is 0. The molecule has 0 aliphatic rings. The van der Waals surface area contributed by atoms with E-state index in [4.69, 9.17) is 9.47 Å². The molecule has 0 aliphatic heterocycles. The van der Waals surface area contributed by atoms with E-state index in [1.54, 1.807) is 57.2 Å². The van der Waals surface area contributed by atoms with Crippen LogP contribution in [0.3, 0.4) is 0 Å². The lowest BCUT2D eigenvalue weighted by Crippen LogP contribution is -2.23. The van der Waals surface area contributed by atoms with Gasteiger partial charge in [-0.3, -0.25) is 0 Å². The summed E-state index contributed by atoms with van der Waals surface area (Å²) >= 11 is 0. The van der Waals surface area contributed by atoms with Gasteiger partial charge < -0.3 is 9.47 Å². The molecule has 0 aliphatic carbocycles. The van der Waals surface area contributed by atoms with Gasteiger partial charge in [0.1, 0.15) is 11.4 Å². The first-order valence-corrected chi connectivity index (χ1v) is 8.28. The molecule has 0 saturated heterocycles. The molecular formula is C21H21F3O3. The summed E-state index contributed by atoms with van der Waals surface area (Å²) in [5, 5.41) is 0. The molecule has 2 aromatic carbocycles. The highest BCUT2D eigenvalue weighted by atomic mass is 19.4. The van der Waals surface area contributed by atoms with Gasteiger partial charge in [0.05, 0.1) is 5.56 Å². The molecule has 0 heterocycles. The van der Waals surface area contributed by atoms with Gasteiger partial charge in [0.25, 0.3) is 0 Å². The second-order valence-corrected chi connectivity index (χ2v) is 6.94. The third-order valence-corrected chi connectivity index (χ3v) is 3.47. The van der Waals surface area contributed by atoms with Crippen LogP contribution in [0.5, 0.6) is 5.75 Å². The Kier molecular flexibility index (Phi) is 5.98. The predicted octanol–water partition coefficient (Wildman–Crippen LogP) is 5.89. The maximum Gasteiger partial charge on any atom is 0.422 e. The average Bonchev–Trinajstić information content (AvgIpc) is 2.58. The van der Waals surface area contributed by atoms with Crippen LogP contribution in [0.25, 0.3) is 17.2 Å². The number of ether oxygens (including phenoxy) is 2. The largest absolute Gasteiger partial charge is 0.484 e. The first kappa shape index (κ1) is 20.6. The van der Waals surface area contributed by atoms with E-state index in [9.17, 15) is 18.0 Å². The van der Waals surface area contributed by atoms with Crippen LogP contribution in [0.4, 0.5) is 13.2 Å².